The molecule has 4 N–H and O–H groups in total. The van der Waals surface area contributed by atoms with Gasteiger partial charge in [0.1, 0.15) is 6.04 Å². The molecule has 2 fully saturated rings. The van der Waals surface area contributed by atoms with Gasteiger partial charge in [-0.2, -0.15) is 0 Å². The van der Waals surface area contributed by atoms with E-state index in [1.54, 1.807) is 12.1 Å². The monoisotopic (exact) mass is 398 g/mol. The molecule has 1 aromatic carbocycles. The van der Waals surface area contributed by atoms with Crippen LogP contribution in [0.5, 0.6) is 0 Å². The Bertz CT molecular complexity index is 868. The zero-order valence-corrected chi connectivity index (χ0v) is 16.3. The smallest absolute Gasteiger partial charge is 0.262 e. The highest BCUT2D eigenvalue weighted by molar-refractivity contribution is 6.23. The summed E-state index contributed by atoms with van der Waals surface area (Å²) in [5.74, 6) is -1.46. The molecule has 0 spiro atoms. The zero-order chi connectivity index (χ0) is 20.5. The molecule has 8 heteroatoms. The maximum Gasteiger partial charge on any atom is 0.262 e. The summed E-state index contributed by atoms with van der Waals surface area (Å²) in [5.41, 5.74) is 7.43. The molecule has 29 heavy (non-hydrogen) atoms. The minimum atomic E-state index is -0.936. The molecule has 3 atom stereocenters. The molecule has 1 aliphatic carbocycles. The fourth-order valence-corrected chi connectivity index (χ4v) is 4.64. The molecule has 4 amide bonds. The Kier molecular flexibility index (Phi) is 5.47. The molecule has 0 aromatic heterocycles. The van der Waals surface area contributed by atoms with E-state index in [-0.39, 0.29) is 18.7 Å². The van der Waals surface area contributed by atoms with Crippen LogP contribution in [0.4, 0.5) is 0 Å². The molecule has 4 rings (SSSR count). The summed E-state index contributed by atoms with van der Waals surface area (Å²) < 4.78 is 0. The Morgan fingerprint density at radius 2 is 1.79 bits per heavy atom. The Balaban J connectivity index is 1.48. The quantitative estimate of drug-likeness (QED) is 0.628. The van der Waals surface area contributed by atoms with Crippen molar-refractivity contribution in [1.82, 2.24) is 15.5 Å². The number of nitrogens with two attached hydrogens (primary N) is 1. The van der Waals surface area contributed by atoms with Gasteiger partial charge in [-0.05, 0) is 49.4 Å². The van der Waals surface area contributed by atoms with E-state index in [4.69, 9.17) is 5.73 Å². The third kappa shape index (κ3) is 3.70. The van der Waals surface area contributed by atoms with E-state index in [0.717, 1.165) is 23.3 Å². The van der Waals surface area contributed by atoms with Crippen molar-refractivity contribution in [1.29, 1.82) is 0 Å². The number of rotatable bonds is 5. The molecule has 1 unspecified atom stereocenters. The van der Waals surface area contributed by atoms with Crippen LogP contribution >= 0.6 is 0 Å². The molecule has 154 valence electrons. The lowest BCUT2D eigenvalue weighted by Crippen LogP contribution is -2.54. The van der Waals surface area contributed by atoms with Crippen LogP contribution in [0.15, 0.2) is 18.2 Å². The molecular weight excluding hydrogens is 372 g/mol. The predicted octanol–water partition coefficient (Wildman–Crippen LogP) is 0.695. The van der Waals surface area contributed by atoms with Gasteiger partial charge in [-0.15, -0.1) is 0 Å². The van der Waals surface area contributed by atoms with Gasteiger partial charge >= 0.3 is 0 Å². The van der Waals surface area contributed by atoms with Crippen molar-refractivity contribution in [2.75, 3.05) is 6.54 Å². The van der Waals surface area contributed by atoms with Crippen molar-refractivity contribution in [3.8, 4) is 0 Å². The molecule has 1 saturated heterocycles. The third-order valence-electron chi connectivity index (χ3n) is 6.28. The minimum Gasteiger partial charge on any atom is -0.330 e. The van der Waals surface area contributed by atoms with Gasteiger partial charge in [-0.25, -0.2) is 0 Å². The second-order valence-electron chi connectivity index (χ2n) is 8.09. The van der Waals surface area contributed by atoms with Crippen LogP contribution in [0.3, 0.4) is 0 Å². The normalized spacial score (nSPS) is 27.2. The molecule has 1 aromatic rings. The van der Waals surface area contributed by atoms with Crippen molar-refractivity contribution < 1.29 is 19.2 Å². The molecule has 0 bridgehead atoms. The maximum atomic E-state index is 12.9. The first-order valence-corrected chi connectivity index (χ1v) is 10.3. The van der Waals surface area contributed by atoms with Gasteiger partial charge in [-0.1, -0.05) is 18.9 Å². The van der Waals surface area contributed by atoms with Crippen molar-refractivity contribution in [3.63, 3.8) is 0 Å². The van der Waals surface area contributed by atoms with Gasteiger partial charge in [0.25, 0.3) is 11.8 Å². The Hall–Kier alpha value is -2.58. The summed E-state index contributed by atoms with van der Waals surface area (Å²) in [5, 5.41) is 5.76. The molecule has 2 aliphatic heterocycles. The van der Waals surface area contributed by atoms with E-state index < -0.39 is 23.8 Å². The molecule has 8 nitrogen and oxygen atoms in total. The summed E-state index contributed by atoms with van der Waals surface area (Å²) >= 11 is 0. The number of hydrogen-bond donors (Lipinski definition) is 3. The zero-order valence-electron chi connectivity index (χ0n) is 16.3. The Labute approximate surface area is 169 Å². The predicted molar refractivity (Wildman–Crippen MR) is 105 cm³/mol. The number of carbonyl (C=O) groups excluding carboxylic acids is 4. The number of imide groups is 2. The van der Waals surface area contributed by atoms with Crippen LogP contribution in [-0.4, -0.2) is 47.2 Å². The highest BCUT2D eigenvalue weighted by Crippen LogP contribution is 2.29. The van der Waals surface area contributed by atoms with Gasteiger partial charge in [0.05, 0.1) is 11.1 Å². The van der Waals surface area contributed by atoms with Crippen LogP contribution in [0.2, 0.25) is 0 Å². The van der Waals surface area contributed by atoms with Gasteiger partial charge in [0.15, 0.2) is 0 Å². The highest BCUT2D eigenvalue weighted by Gasteiger charge is 2.44. The maximum absolute atomic E-state index is 12.9. The summed E-state index contributed by atoms with van der Waals surface area (Å²) in [6, 6.07) is 4.65. The summed E-state index contributed by atoms with van der Waals surface area (Å²) in [6.45, 7) is 1.25. The van der Waals surface area contributed by atoms with Crippen LogP contribution in [0, 0.1) is 5.92 Å². The fourth-order valence-electron chi connectivity index (χ4n) is 4.64. The SMILES string of the molecule is NC[C@@H]1CCCC[C@@H]1NCc1ccc2c(c1)C(=O)N(C1CCC(=O)NC1=O)C2=O. The fraction of sp³-hybridized carbons (Fsp3) is 0.524. The van der Waals surface area contributed by atoms with E-state index >= 15 is 0 Å². The number of amides is 4. The van der Waals surface area contributed by atoms with Crippen LogP contribution in [-0.2, 0) is 16.1 Å². The standard InChI is InChI=1S/C21H26N4O4/c22-10-13-3-1-2-4-16(13)23-11-12-5-6-14-15(9-12)21(29)25(20(14)28)17-7-8-18(26)24-19(17)27/h5-6,9,13,16-17,23H,1-4,7-8,10-11,22H2,(H,24,26,27)/t13-,16-,17?/m0/s1. The molecule has 2 heterocycles. The summed E-state index contributed by atoms with van der Waals surface area (Å²) in [6.07, 6.45) is 4.90. The molecule has 3 aliphatic rings. The number of fused-ring (bicyclic) bond motifs is 1. The first kappa shape index (κ1) is 19.7. The van der Waals surface area contributed by atoms with Crippen molar-refractivity contribution in [3.05, 3.63) is 34.9 Å². The number of hydrogen-bond acceptors (Lipinski definition) is 6. The third-order valence-corrected chi connectivity index (χ3v) is 6.28. The first-order chi connectivity index (χ1) is 14.0. The highest BCUT2D eigenvalue weighted by atomic mass is 16.2. The number of benzene rings is 1. The van der Waals surface area contributed by atoms with E-state index in [1.165, 1.54) is 12.8 Å². The largest absolute Gasteiger partial charge is 0.330 e. The summed E-state index contributed by atoms with van der Waals surface area (Å²) in [7, 11) is 0. The van der Waals surface area contributed by atoms with Crippen molar-refractivity contribution in [2.45, 2.75) is 57.2 Å². The number of piperidine rings is 1. The van der Waals surface area contributed by atoms with E-state index in [2.05, 4.69) is 10.6 Å². The second kappa shape index (κ2) is 8.04. The van der Waals surface area contributed by atoms with Gasteiger partial charge in [0, 0.05) is 19.0 Å². The lowest BCUT2D eigenvalue weighted by atomic mass is 9.84. The first-order valence-electron chi connectivity index (χ1n) is 10.3. The lowest BCUT2D eigenvalue weighted by Gasteiger charge is -2.31. The topological polar surface area (TPSA) is 122 Å². The lowest BCUT2D eigenvalue weighted by molar-refractivity contribution is -0.136. The average molecular weight is 398 g/mol. The molecular formula is C21H26N4O4. The van der Waals surface area contributed by atoms with Gasteiger partial charge in [-0.3, -0.25) is 29.4 Å². The van der Waals surface area contributed by atoms with Crippen LogP contribution < -0.4 is 16.4 Å². The Morgan fingerprint density at radius 3 is 2.55 bits per heavy atom. The van der Waals surface area contributed by atoms with Crippen molar-refractivity contribution in [2.24, 2.45) is 11.7 Å². The van der Waals surface area contributed by atoms with Gasteiger partial charge < -0.3 is 11.1 Å². The van der Waals surface area contributed by atoms with E-state index in [0.29, 0.717) is 36.2 Å². The van der Waals surface area contributed by atoms with Crippen LogP contribution in [0.1, 0.15) is 64.8 Å². The summed E-state index contributed by atoms with van der Waals surface area (Å²) in [4.78, 5) is 50.1. The van der Waals surface area contributed by atoms with Gasteiger partial charge in [0.2, 0.25) is 11.8 Å². The van der Waals surface area contributed by atoms with Crippen molar-refractivity contribution >= 4 is 23.6 Å². The number of nitrogens with zero attached hydrogens (tertiary/aromatic N) is 1. The molecule has 0 radical (unpaired) electrons. The average Bonchev–Trinajstić information content (AvgIpc) is 2.97. The second-order valence-corrected chi connectivity index (χ2v) is 8.09. The molecule has 1 saturated carbocycles. The number of carbonyl (C=O) groups is 4. The van der Waals surface area contributed by atoms with Crippen LogP contribution in [0.25, 0.3) is 0 Å². The Morgan fingerprint density at radius 1 is 1.03 bits per heavy atom. The van der Waals surface area contributed by atoms with E-state index in [9.17, 15) is 19.2 Å². The van der Waals surface area contributed by atoms with E-state index in [1.807, 2.05) is 6.07 Å². The number of nitrogens with one attached hydrogen (secondary N) is 2. The minimum absolute atomic E-state index is 0.114.